The maximum atomic E-state index is 13.2. The van der Waals surface area contributed by atoms with E-state index in [-0.39, 0.29) is 0 Å². The van der Waals surface area contributed by atoms with Crippen molar-refractivity contribution in [3.05, 3.63) is 36.7 Å². The van der Waals surface area contributed by atoms with Crippen molar-refractivity contribution < 1.29 is 8.42 Å². The van der Waals surface area contributed by atoms with Gasteiger partial charge in [0.2, 0.25) is 10.0 Å². The van der Waals surface area contributed by atoms with Crippen molar-refractivity contribution in [2.24, 2.45) is 11.8 Å². The van der Waals surface area contributed by atoms with Crippen LogP contribution in [0.4, 0.5) is 0 Å². The lowest BCUT2D eigenvalue weighted by Gasteiger charge is -2.23. The van der Waals surface area contributed by atoms with Gasteiger partial charge in [-0.05, 0) is 49.7 Å². The van der Waals surface area contributed by atoms with E-state index in [0.717, 1.165) is 10.8 Å². The number of fused-ring (bicyclic) bond motifs is 5. The monoisotopic (exact) mass is 316 g/mol. The lowest BCUT2D eigenvalue weighted by molar-refractivity contribution is 0.326. The molecule has 5 heteroatoms. The largest absolute Gasteiger partial charge is 0.264 e. The van der Waals surface area contributed by atoms with Crippen LogP contribution >= 0.6 is 0 Å². The van der Waals surface area contributed by atoms with Gasteiger partial charge in [0.1, 0.15) is 0 Å². The molecule has 3 heterocycles. The Bertz CT molecular complexity index is 776. The van der Waals surface area contributed by atoms with Gasteiger partial charge >= 0.3 is 0 Å². The summed E-state index contributed by atoms with van der Waals surface area (Å²) >= 11 is 0. The maximum absolute atomic E-state index is 13.2. The molecule has 0 amide bonds. The molecule has 2 saturated heterocycles. The molecule has 1 aromatic carbocycles. The van der Waals surface area contributed by atoms with Gasteiger partial charge in [-0.15, -0.1) is 0 Å². The molecule has 0 spiro atoms. The molecule has 5 rings (SSSR count). The third-order valence-corrected chi connectivity index (χ3v) is 7.04. The molecule has 1 saturated carbocycles. The van der Waals surface area contributed by atoms with Gasteiger partial charge in [0.15, 0.2) is 0 Å². The van der Waals surface area contributed by atoms with Crippen LogP contribution in [0.1, 0.15) is 25.7 Å². The molecule has 3 aliphatic rings. The van der Waals surface area contributed by atoms with Crippen LogP contribution in [0.2, 0.25) is 0 Å². The molecule has 4 nitrogen and oxygen atoms in total. The minimum absolute atomic E-state index is 0.425. The Hall–Kier alpha value is -1.46. The Morgan fingerprint density at radius 2 is 1.68 bits per heavy atom. The molecule has 22 heavy (non-hydrogen) atoms. The predicted molar refractivity (Wildman–Crippen MR) is 85.9 cm³/mol. The van der Waals surface area contributed by atoms with Gasteiger partial charge in [-0.1, -0.05) is 12.1 Å². The fourth-order valence-electron chi connectivity index (χ4n) is 3.90. The highest BCUT2D eigenvalue weighted by Crippen LogP contribution is 2.36. The summed E-state index contributed by atoms with van der Waals surface area (Å²) < 4.78 is 28.1. The normalized spacial score (nSPS) is 26.2. The zero-order valence-electron chi connectivity index (χ0n) is 12.5. The van der Waals surface area contributed by atoms with Gasteiger partial charge < -0.3 is 0 Å². The zero-order chi connectivity index (χ0) is 15.2. The summed E-state index contributed by atoms with van der Waals surface area (Å²) in [6.45, 7) is 1.36. The lowest BCUT2D eigenvalue weighted by atomic mass is 9.84. The van der Waals surface area contributed by atoms with Gasteiger partial charge in [0.25, 0.3) is 0 Å². The summed E-state index contributed by atoms with van der Waals surface area (Å²) in [7, 11) is -3.43. The average Bonchev–Trinajstić information content (AvgIpc) is 2.89. The molecule has 0 N–H and O–H groups in total. The topological polar surface area (TPSA) is 50.3 Å². The average molecular weight is 316 g/mol. The fourth-order valence-corrected chi connectivity index (χ4v) is 5.71. The van der Waals surface area contributed by atoms with Crippen LogP contribution in [0.5, 0.6) is 0 Å². The SMILES string of the molecule is O=S(=O)(c1cccc2cnccc12)N1CC2CCC(CC2)C1. The van der Waals surface area contributed by atoms with Crippen LogP contribution in [-0.4, -0.2) is 30.8 Å². The van der Waals surface area contributed by atoms with E-state index in [9.17, 15) is 8.42 Å². The molecule has 2 bridgehead atoms. The van der Waals surface area contributed by atoms with Crippen LogP contribution < -0.4 is 0 Å². The van der Waals surface area contributed by atoms with Crippen LogP contribution in [0.15, 0.2) is 41.6 Å². The molecule has 2 aliphatic heterocycles. The Labute approximate surface area is 131 Å². The molecule has 0 unspecified atom stereocenters. The third kappa shape index (κ3) is 2.32. The van der Waals surface area contributed by atoms with E-state index in [0.29, 0.717) is 29.8 Å². The first kappa shape index (κ1) is 14.2. The second-order valence-electron chi connectivity index (χ2n) is 6.56. The van der Waals surface area contributed by atoms with Crippen LogP contribution in [0, 0.1) is 11.8 Å². The number of rotatable bonds is 2. The second kappa shape index (κ2) is 5.32. The second-order valence-corrected chi connectivity index (χ2v) is 8.47. The molecule has 2 aromatic rings. The lowest BCUT2D eigenvalue weighted by Crippen LogP contribution is -2.34. The standard InChI is InChI=1S/C17H20N2O2S/c20-22(21,19-11-13-4-5-14(12-19)7-6-13)17-3-1-2-15-10-18-9-8-16(15)17/h1-3,8-10,13-14H,4-7,11-12H2. The van der Waals surface area contributed by atoms with E-state index in [1.807, 2.05) is 12.1 Å². The first-order valence-corrected chi connectivity index (χ1v) is 9.41. The summed E-state index contributed by atoms with van der Waals surface area (Å²) in [4.78, 5) is 4.51. The minimum atomic E-state index is -3.43. The minimum Gasteiger partial charge on any atom is -0.264 e. The van der Waals surface area contributed by atoms with Crippen LogP contribution in [0.25, 0.3) is 10.8 Å². The Morgan fingerprint density at radius 1 is 1.00 bits per heavy atom. The predicted octanol–water partition coefficient (Wildman–Crippen LogP) is 3.05. The molecule has 0 atom stereocenters. The third-order valence-electron chi connectivity index (χ3n) is 5.15. The van der Waals surface area contributed by atoms with Crippen molar-refractivity contribution in [3.63, 3.8) is 0 Å². The molecular weight excluding hydrogens is 296 g/mol. The quantitative estimate of drug-likeness (QED) is 0.855. The number of benzene rings is 1. The summed E-state index contributed by atoms with van der Waals surface area (Å²) in [5.74, 6) is 1.07. The van der Waals surface area contributed by atoms with E-state index in [4.69, 9.17) is 0 Å². The smallest absolute Gasteiger partial charge is 0.243 e. The van der Waals surface area contributed by atoms with Crippen molar-refractivity contribution >= 4 is 20.8 Å². The van der Waals surface area contributed by atoms with Gasteiger partial charge in [0, 0.05) is 36.3 Å². The Balaban J connectivity index is 1.79. The summed E-state index contributed by atoms with van der Waals surface area (Å²) in [6.07, 6.45) is 8.09. The van der Waals surface area contributed by atoms with Gasteiger partial charge in [0.05, 0.1) is 4.90 Å². The number of aromatic nitrogens is 1. The van der Waals surface area contributed by atoms with E-state index in [2.05, 4.69) is 4.98 Å². The van der Waals surface area contributed by atoms with Crippen molar-refractivity contribution in [2.45, 2.75) is 30.6 Å². The molecule has 0 radical (unpaired) electrons. The van der Waals surface area contributed by atoms with Crippen LogP contribution in [-0.2, 0) is 10.0 Å². The molecular formula is C17H20N2O2S. The summed E-state index contributed by atoms with van der Waals surface area (Å²) in [5.41, 5.74) is 0. The molecule has 116 valence electrons. The molecule has 1 aliphatic carbocycles. The zero-order valence-corrected chi connectivity index (χ0v) is 13.3. The van der Waals surface area contributed by atoms with Gasteiger partial charge in [-0.2, -0.15) is 4.31 Å². The highest BCUT2D eigenvalue weighted by molar-refractivity contribution is 7.89. The van der Waals surface area contributed by atoms with Gasteiger partial charge in [-0.25, -0.2) is 8.42 Å². The highest BCUT2D eigenvalue weighted by atomic mass is 32.2. The summed E-state index contributed by atoms with van der Waals surface area (Å²) in [5, 5.41) is 1.65. The van der Waals surface area contributed by atoms with Crippen LogP contribution in [0.3, 0.4) is 0 Å². The van der Waals surface area contributed by atoms with E-state index in [1.165, 1.54) is 25.7 Å². The number of pyridine rings is 1. The number of hydrogen-bond donors (Lipinski definition) is 0. The van der Waals surface area contributed by atoms with Crippen molar-refractivity contribution in [3.8, 4) is 0 Å². The van der Waals surface area contributed by atoms with Gasteiger partial charge in [-0.3, -0.25) is 4.98 Å². The molecule has 1 aromatic heterocycles. The summed E-state index contributed by atoms with van der Waals surface area (Å²) in [6, 6.07) is 7.25. The van der Waals surface area contributed by atoms with Crippen molar-refractivity contribution in [1.29, 1.82) is 0 Å². The maximum Gasteiger partial charge on any atom is 0.243 e. The van der Waals surface area contributed by atoms with E-state index in [1.54, 1.807) is 28.8 Å². The number of sulfonamides is 1. The number of hydrogen-bond acceptors (Lipinski definition) is 3. The first-order chi connectivity index (χ1) is 10.6. The van der Waals surface area contributed by atoms with Crippen molar-refractivity contribution in [1.82, 2.24) is 9.29 Å². The van der Waals surface area contributed by atoms with E-state index < -0.39 is 10.0 Å². The van der Waals surface area contributed by atoms with Crippen molar-refractivity contribution in [2.75, 3.05) is 13.1 Å². The highest BCUT2D eigenvalue weighted by Gasteiger charge is 2.36. The van der Waals surface area contributed by atoms with E-state index >= 15 is 0 Å². The Kier molecular flexibility index (Phi) is 3.42. The Morgan fingerprint density at radius 3 is 2.36 bits per heavy atom. The number of nitrogens with zero attached hydrogens (tertiary/aromatic N) is 2. The molecule has 3 fully saturated rings. The fraction of sp³-hybridized carbons (Fsp3) is 0.471. The first-order valence-electron chi connectivity index (χ1n) is 7.97.